The van der Waals surface area contributed by atoms with Crippen molar-refractivity contribution in [3.05, 3.63) is 109 Å². The van der Waals surface area contributed by atoms with Crippen molar-refractivity contribution < 1.29 is 28.8 Å². The van der Waals surface area contributed by atoms with Gasteiger partial charge in [-0.1, -0.05) is 24.7 Å². The van der Waals surface area contributed by atoms with E-state index in [1.165, 1.54) is 0 Å². The van der Waals surface area contributed by atoms with Gasteiger partial charge in [0.25, 0.3) is 0 Å². The minimum atomic E-state index is -1.14. The van der Waals surface area contributed by atoms with Gasteiger partial charge in [0, 0.05) is 89.4 Å². The zero-order valence-electron chi connectivity index (χ0n) is 51.2. The van der Waals surface area contributed by atoms with Crippen molar-refractivity contribution in [2.24, 2.45) is 5.92 Å². The smallest absolute Gasteiger partial charge is 0.220 e. The van der Waals surface area contributed by atoms with E-state index in [4.69, 9.17) is 21.9 Å². The van der Waals surface area contributed by atoms with Gasteiger partial charge in [0.05, 0.1) is 78.5 Å². The molecule has 0 aromatic carbocycles. The average Bonchev–Trinajstić information content (AvgIpc) is 2.38. The lowest BCUT2D eigenvalue weighted by atomic mass is 10.0. The molecule has 0 bridgehead atoms. The topological polar surface area (TPSA) is 285 Å². The lowest BCUT2D eigenvalue weighted by molar-refractivity contribution is -0.0213. The van der Waals surface area contributed by atoms with Crippen LogP contribution in [0.2, 0.25) is 0 Å². The predicted octanol–water partition coefficient (Wildman–Crippen LogP) is 7.76. The summed E-state index contributed by atoms with van der Waals surface area (Å²) in [7, 11) is 0. The molecular formula is C66H73F2N17O4. The van der Waals surface area contributed by atoms with Crippen molar-refractivity contribution in [1.82, 2.24) is 68.4 Å². The number of rotatable bonds is 9. The zero-order valence-corrected chi connectivity index (χ0v) is 51.2. The van der Waals surface area contributed by atoms with Crippen LogP contribution >= 0.6 is 0 Å². The van der Waals surface area contributed by atoms with Crippen LogP contribution in [-0.4, -0.2) is 152 Å². The Labute approximate surface area is 514 Å². The first-order chi connectivity index (χ1) is 42.4. The van der Waals surface area contributed by atoms with Gasteiger partial charge >= 0.3 is 0 Å². The van der Waals surface area contributed by atoms with E-state index in [0.29, 0.717) is 53.5 Å². The SMILES string of the molecule is CC(C)(O)C#Cc1cc2c(-c3nc(N)ncc3F)cn(C3COC3)c2cn1.CC(C)N1CC(n2cc(-c3ccnc(N)n3)c3cc(C#CC(C)(C)O)ncc32)C1.CCN1CCCC(n2cc(-c3nc(N)ncc3F)c3cc(C#CC(C)(O)C4CC4)ncc32)C1. The number of hydrogen-bond acceptors (Lipinski definition) is 18. The molecule has 0 amide bonds. The summed E-state index contributed by atoms with van der Waals surface area (Å²) in [6.45, 7) is 21.0. The Bertz CT molecular complexity index is 4320. The Balaban J connectivity index is 0.000000138. The van der Waals surface area contributed by atoms with Crippen molar-refractivity contribution >= 4 is 50.6 Å². The molecule has 23 heteroatoms. The molecule has 0 radical (unpaired) electrons. The molecule has 21 nitrogen and oxygen atoms in total. The van der Waals surface area contributed by atoms with Crippen molar-refractivity contribution in [3.63, 3.8) is 0 Å². The number of hydrogen-bond donors (Lipinski definition) is 6. The third-order valence-corrected chi connectivity index (χ3v) is 16.3. The summed E-state index contributed by atoms with van der Waals surface area (Å²) in [6, 6.07) is 8.77. The van der Waals surface area contributed by atoms with Crippen molar-refractivity contribution in [3.8, 4) is 69.3 Å². The van der Waals surface area contributed by atoms with E-state index < -0.39 is 28.4 Å². The first kappa shape index (κ1) is 61.6. The molecule has 4 fully saturated rings. The number of pyridine rings is 3. The monoisotopic (exact) mass is 1210 g/mol. The van der Waals surface area contributed by atoms with Gasteiger partial charge in [-0.15, -0.1) is 0 Å². The molecule has 9 N–H and O–H groups in total. The summed E-state index contributed by atoms with van der Waals surface area (Å²) in [6.07, 6.45) is 19.2. The molecule has 4 aliphatic rings. The number of aromatic nitrogens is 12. The summed E-state index contributed by atoms with van der Waals surface area (Å²) in [5.41, 5.74) is 21.7. The molecule has 1 aliphatic carbocycles. The molecule has 12 heterocycles. The molecule has 9 aromatic rings. The Morgan fingerprint density at radius 2 is 1.07 bits per heavy atom. The first-order valence-corrected chi connectivity index (χ1v) is 29.9. The Kier molecular flexibility index (Phi) is 17.2. The Hall–Kier alpha value is -8.99. The zero-order chi connectivity index (χ0) is 63.1. The van der Waals surface area contributed by atoms with E-state index in [-0.39, 0.29) is 47.2 Å². The van der Waals surface area contributed by atoms with Gasteiger partial charge < -0.3 is 55.9 Å². The first-order valence-electron chi connectivity index (χ1n) is 29.9. The summed E-state index contributed by atoms with van der Waals surface area (Å²) in [4.78, 5) is 42.5. The van der Waals surface area contributed by atoms with E-state index in [1.54, 1.807) is 59.3 Å². The maximum atomic E-state index is 14.8. The number of fused-ring (bicyclic) bond motifs is 3. The number of nitrogens with zero attached hydrogens (tertiary/aromatic N) is 14. The van der Waals surface area contributed by atoms with E-state index >= 15 is 0 Å². The molecule has 89 heavy (non-hydrogen) atoms. The standard InChI is InChI=1S/C25H29FN6O.C22H26N6O.C19H18FN5O2/c1-3-31-10-4-5-18(14-31)32-15-20(23-21(26)12-29-24(27)30-23)19-11-17(28-13-22(19)32)8-9-25(2,33)16-6-7-16;1-14(2)27-11-16(12-27)28-13-18(19-6-8-24-21(23)26-19)17-9-15(25-10-20(17)28)5-7-22(3,4)29;1-19(2,26)4-3-11-5-13-14(17-15(20)6-23-18(21)24-17)8-25(12-9-27-10-12)16(13)7-22-11/h11-13,15-16,18,33H,3-7,10,14H2,1-2H3,(H2,27,29,30);6,8-10,13-14,16,29H,11-12H2,1-4H3,(H2,23,24,26);5-8,12,26H,9-10H2,1-2H3,(H2,21,23,24). The number of nitrogens with two attached hydrogens (primary N) is 3. The predicted molar refractivity (Wildman–Crippen MR) is 338 cm³/mol. The molecule has 9 aromatic heterocycles. The second kappa shape index (κ2) is 24.9. The van der Waals surface area contributed by atoms with Crippen LogP contribution in [0, 0.1) is 53.1 Å². The van der Waals surface area contributed by atoms with Gasteiger partial charge in [0.15, 0.2) is 11.6 Å². The van der Waals surface area contributed by atoms with E-state index in [0.717, 1.165) is 115 Å². The highest BCUT2D eigenvalue weighted by atomic mass is 19.1. The average molecular weight is 1210 g/mol. The van der Waals surface area contributed by atoms with E-state index in [9.17, 15) is 24.1 Å². The molecule has 1 saturated carbocycles. The van der Waals surface area contributed by atoms with Crippen LogP contribution in [-0.2, 0) is 4.74 Å². The molecule has 3 saturated heterocycles. The number of piperidine rings is 1. The number of aliphatic hydroxyl groups is 3. The molecule has 460 valence electrons. The largest absolute Gasteiger partial charge is 0.378 e. The number of halogens is 2. The number of nitrogen functional groups attached to an aromatic ring is 3. The molecule has 0 spiro atoms. The maximum absolute atomic E-state index is 14.8. The molecular weight excluding hydrogens is 1130 g/mol. The van der Waals surface area contributed by atoms with Crippen LogP contribution in [0.4, 0.5) is 26.6 Å². The van der Waals surface area contributed by atoms with Gasteiger partial charge in [-0.05, 0) is 135 Å². The second-order valence-corrected chi connectivity index (χ2v) is 24.6. The Morgan fingerprint density at radius 1 is 0.596 bits per heavy atom. The normalized spacial score (nSPS) is 17.2. The Morgan fingerprint density at radius 3 is 1.53 bits per heavy atom. The summed E-state index contributed by atoms with van der Waals surface area (Å²) >= 11 is 0. The molecule has 13 rings (SSSR count). The summed E-state index contributed by atoms with van der Waals surface area (Å²) in [5.74, 6) is 16.8. The summed E-state index contributed by atoms with van der Waals surface area (Å²) < 4.78 is 40.9. The fraction of sp³-hybridized carbons (Fsp3) is 0.409. The van der Waals surface area contributed by atoms with Gasteiger partial charge in [0.2, 0.25) is 17.8 Å². The van der Waals surface area contributed by atoms with Crippen LogP contribution in [0.25, 0.3) is 66.5 Å². The van der Waals surface area contributed by atoms with Crippen molar-refractivity contribution in [2.75, 3.05) is 63.1 Å². The molecule has 3 aliphatic heterocycles. The summed E-state index contributed by atoms with van der Waals surface area (Å²) in [5, 5.41) is 32.8. The van der Waals surface area contributed by atoms with E-state index in [2.05, 4.69) is 126 Å². The number of ether oxygens (including phenoxy) is 1. The van der Waals surface area contributed by atoms with Crippen LogP contribution in [0.1, 0.15) is 116 Å². The van der Waals surface area contributed by atoms with Crippen LogP contribution in [0.5, 0.6) is 0 Å². The lowest BCUT2D eigenvalue weighted by Gasteiger charge is -2.43. The lowest BCUT2D eigenvalue weighted by Crippen LogP contribution is -2.50. The molecule has 2 atom stereocenters. The number of likely N-dealkylation sites (tertiary alicyclic amines) is 2. The van der Waals surface area contributed by atoms with Crippen LogP contribution in [0.3, 0.4) is 0 Å². The number of likely N-dealkylation sites (N-methyl/N-ethyl adjacent to an activating group) is 1. The molecule has 2 unspecified atom stereocenters. The third kappa shape index (κ3) is 14.0. The van der Waals surface area contributed by atoms with Crippen molar-refractivity contribution in [1.29, 1.82) is 0 Å². The third-order valence-electron chi connectivity index (χ3n) is 16.3. The second-order valence-electron chi connectivity index (χ2n) is 24.6. The highest BCUT2D eigenvalue weighted by molar-refractivity contribution is 5.97. The van der Waals surface area contributed by atoms with Gasteiger partial charge in [-0.3, -0.25) is 4.90 Å². The van der Waals surface area contributed by atoms with Crippen molar-refractivity contribution in [2.45, 2.75) is 122 Å². The highest BCUT2D eigenvalue weighted by Gasteiger charge is 2.39. The minimum absolute atomic E-state index is 0.00428. The minimum Gasteiger partial charge on any atom is -0.378 e. The van der Waals surface area contributed by atoms with Gasteiger partial charge in [0.1, 0.15) is 45.3 Å². The van der Waals surface area contributed by atoms with Crippen LogP contribution < -0.4 is 17.2 Å². The maximum Gasteiger partial charge on any atom is 0.220 e. The van der Waals surface area contributed by atoms with Crippen LogP contribution in [0.15, 0.2) is 80.0 Å². The fourth-order valence-electron chi connectivity index (χ4n) is 11.2. The highest BCUT2D eigenvalue weighted by Crippen LogP contribution is 2.41. The fourth-order valence-corrected chi connectivity index (χ4v) is 11.2. The number of anilines is 3. The van der Waals surface area contributed by atoms with E-state index in [1.807, 2.05) is 41.4 Å². The van der Waals surface area contributed by atoms with Gasteiger partial charge in [-0.25, -0.2) is 53.6 Å². The quantitative estimate of drug-likeness (QED) is 0.0753. The van der Waals surface area contributed by atoms with Gasteiger partial charge in [-0.2, -0.15) is 0 Å².